The van der Waals surface area contributed by atoms with E-state index in [1.165, 1.54) is 17.5 Å². The molecule has 4 aromatic carbocycles. The highest BCUT2D eigenvalue weighted by Gasteiger charge is 2.28. The van der Waals surface area contributed by atoms with Crippen LogP contribution in [0.1, 0.15) is 31.1 Å². The van der Waals surface area contributed by atoms with Crippen molar-refractivity contribution in [2.24, 2.45) is 5.92 Å². The van der Waals surface area contributed by atoms with E-state index in [0.717, 1.165) is 27.6 Å². The number of sulfonamides is 1. The van der Waals surface area contributed by atoms with Gasteiger partial charge in [0, 0.05) is 7.11 Å². The molecule has 0 aromatic heterocycles. The summed E-state index contributed by atoms with van der Waals surface area (Å²) in [6, 6.07) is 27.7. The first kappa shape index (κ1) is 25.6. The maximum atomic E-state index is 12.7. The molecule has 4 aromatic rings. The number of hydrogen-bond acceptors (Lipinski definition) is 4. The zero-order chi connectivity index (χ0) is 25.9. The number of methoxy groups -OCH3 is 1. The van der Waals surface area contributed by atoms with Gasteiger partial charge in [0.2, 0.25) is 10.0 Å². The Kier molecular flexibility index (Phi) is 7.54. The number of aliphatic carboxylic acids is 1. The Bertz CT molecular complexity index is 1460. The standard InChI is InChI=1S/C29H29NO5S/c1-19(2)27(29(31)32)30-36(33,34)26-16-14-22(15-17-26)21-8-11-23(12-9-21)28(35-3)25-13-10-20-6-4-5-7-24(20)18-25/h4-19,27-28,30H,1-3H3,(H,31,32). The van der Waals surface area contributed by atoms with Gasteiger partial charge in [-0.2, -0.15) is 4.72 Å². The Labute approximate surface area is 211 Å². The van der Waals surface area contributed by atoms with Crippen molar-refractivity contribution in [3.8, 4) is 11.1 Å². The van der Waals surface area contributed by atoms with Gasteiger partial charge in [-0.05, 0) is 57.1 Å². The molecule has 0 aliphatic rings. The summed E-state index contributed by atoms with van der Waals surface area (Å²) in [6.07, 6.45) is -0.217. The molecule has 2 N–H and O–H groups in total. The second-order valence-electron chi connectivity index (χ2n) is 9.05. The number of carboxylic acids is 1. The molecule has 2 atom stereocenters. The summed E-state index contributed by atoms with van der Waals surface area (Å²) in [5.41, 5.74) is 3.84. The zero-order valence-electron chi connectivity index (χ0n) is 20.4. The average molecular weight is 504 g/mol. The minimum atomic E-state index is -3.96. The minimum Gasteiger partial charge on any atom is -0.480 e. The van der Waals surface area contributed by atoms with Gasteiger partial charge in [-0.15, -0.1) is 0 Å². The second kappa shape index (κ2) is 10.6. The summed E-state index contributed by atoms with van der Waals surface area (Å²) in [5, 5.41) is 11.6. The van der Waals surface area contributed by atoms with E-state index in [-0.39, 0.29) is 16.9 Å². The van der Waals surface area contributed by atoms with Crippen molar-refractivity contribution in [2.75, 3.05) is 7.11 Å². The van der Waals surface area contributed by atoms with E-state index in [4.69, 9.17) is 4.74 Å². The van der Waals surface area contributed by atoms with Crippen molar-refractivity contribution >= 4 is 26.8 Å². The maximum absolute atomic E-state index is 12.7. The topological polar surface area (TPSA) is 92.7 Å². The highest BCUT2D eigenvalue weighted by atomic mass is 32.2. The molecule has 0 bridgehead atoms. The van der Waals surface area contributed by atoms with Crippen LogP contribution in [-0.2, 0) is 19.6 Å². The van der Waals surface area contributed by atoms with E-state index in [1.807, 2.05) is 36.4 Å². The summed E-state index contributed by atoms with van der Waals surface area (Å²) >= 11 is 0. The Balaban J connectivity index is 1.54. The number of carbonyl (C=O) groups is 1. The summed E-state index contributed by atoms with van der Waals surface area (Å²) in [7, 11) is -2.27. The number of nitrogens with one attached hydrogen (secondary N) is 1. The van der Waals surface area contributed by atoms with Gasteiger partial charge >= 0.3 is 5.97 Å². The first-order valence-electron chi connectivity index (χ1n) is 11.7. The fourth-order valence-corrected chi connectivity index (χ4v) is 5.56. The van der Waals surface area contributed by atoms with E-state index in [2.05, 4.69) is 35.1 Å². The maximum Gasteiger partial charge on any atom is 0.322 e. The van der Waals surface area contributed by atoms with Gasteiger partial charge < -0.3 is 9.84 Å². The lowest BCUT2D eigenvalue weighted by atomic mass is 9.96. The van der Waals surface area contributed by atoms with E-state index in [1.54, 1.807) is 33.1 Å². The number of rotatable bonds is 9. The molecule has 0 fully saturated rings. The van der Waals surface area contributed by atoms with Crippen molar-refractivity contribution in [1.82, 2.24) is 4.72 Å². The van der Waals surface area contributed by atoms with Crippen LogP contribution < -0.4 is 4.72 Å². The van der Waals surface area contributed by atoms with Crippen LogP contribution in [0.2, 0.25) is 0 Å². The fourth-order valence-electron chi connectivity index (χ4n) is 4.22. The molecule has 2 unspecified atom stereocenters. The monoisotopic (exact) mass is 503 g/mol. The van der Waals surface area contributed by atoms with Gasteiger partial charge in [0.15, 0.2) is 0 Å². The zero-order valence-corrected chi connectivity index (χ0v) is 21.2. The molecular formula is C29H29NO5S. The Morgan fingerprint density at radius 3 is 1.92 bits per heavy atom. The van der Waals surface area contributed by atoms with Crippen LogP contribution in [0.5, 0.6) is 0 Å². The van der Waals surface area contributed by atoms with E-state index >= 15 is 0 Å². The van der Waals surface area contributed by atoms with Crippen LogP contribution in [0.3, 0.4) is 0 Å². The largest absolute Gasteiger partial charge is 0.480 e. The molecule has 0 aliphatic carbocycles. The Morgan fingerprint density at radius 2 is 1.36 bits per heavy atom. The molecule has 0 amide bonds. The van der Waals surface area contributed by atoms with Crippen LogP contribution in [-0.4, -0.2) is 32.6 Å². The molecule has 36 heavy (non-hydrogen) atoms. The van der Waals surface area contributed by atoms with E-state index in [0.29, 0.717) is 0 Å². The normalized spacial score (nSPS) is 13.6. The van der Waals surface area contributed by atoms with E-state index < -0.39 is 22.0 Å². The first-order chi connectivity index (χ1) is 17.2. The molecule has 6 nitrogen and oxygen atoms in total. The summed E-state index contributed by atoms with van der Waals surface area (Å²) < 4.78 is 33.5. The van der Waals surface area contributed by atoms with E-state index in [9.17, 15) is 18.3 Å². The molecule has 7 heteroatoms. The van der Waals surface area contributed by atoms with Crippen LogP contribution in [0.25, 0.3) is 21.9 Å². The molecule has 0 aliphatic heterocycles. The van der Waals surface area contributed by atoms with Gasteiger partial charge in [-0.3, -0.25) is 4.79 Å². The number of benzene rings is 4. The molecule has 0 radical (unpaired) electrons. The quantitative estimate of drug-likeness (QED) is 0.309. The number of ether oxygens (including phenoxy) is 1. The van der Waals surface area contributed by atoms with Gasteiger partial charge in [0.05, 0.1) is 4.90 Å². The Morgan fingerprint density at radius 1 is 0.806 bits per heavy atom. The smallest absolute Gasteiger partial charge is 0.322 e. The molecule has 186 valence electrons. The minimum absolute atomic E-state index is 0.0190. The molecule has 4 rings (SSSR count). The summed E-state index contributed by atoms with van der Waals surface area (Å²) in [4.78, 5) is 11.4. The summed E-state index contributed by atoms with van der Waals surface area (Å²) in [6.45, 7) is 3.31. The number of hydrogen-bond donors (Lipinski definition) is 2. The lowest BCUT2D eigenvalue weighted by Crippen LogP contribution is -2.44. The van der Waals surface area contributed by atoms with Crippen LogP contribution in [0.15, 0.2) is 95.9 Å². The highest BCUT2D eigenvalue weighted by molar-refractivity contribution is 7.89. The SMILES string of the molecule is COC(c1ccc(-c2ccc(S(=O)(=O)NC(C(=O)O)C(C)C)cc2)cc1)c1ccc2ccccc2c1. The first-order valence-corrected chi connectivity index (χ1v) is 13.1. The Hall–Kier alpha value is -3.52. The van der Waals surface area contributed by atoms with Crippen molar-refractivity contribution in [1.29, 1.82) is 0 Å². The molecule has 0 spiro atoms. The van der Waals surface area contributed by atoms with Gasteiger partial charge in [-0.1, -0.05) is 86.6 Å². The van der Waals surface area contributed by atoms with Gasteiger partial charge in [0.25, 0.3) is 0 Å². The lowest BCUT2D eigenvalue weighted by Gasteiger charge is -2.18. The average Bonchev–Trinajstić information content (AvgIpc) is 2.88. The summed E-state index contributed by atoms with van der Waals surface area (Å²) in [5.74, 6) is -1.59. The molecular weight excluding hydrogens is 474 g/mol. The van der Waals surface area contributed by atoms with Crippen molar-refractivity contribution < 1.29 is 23.1 Å². The molecule has 0 heterocycles. The third kappa shape index (κ3) is 5.49. The van der Waals surface area contributed by atoms with Crippen LogP contribution in [0.4, 0.5) is 0 Å². The predicted octanol–water partition coefficient (Wildman–Crippen LogP) is 5.63. The number of carboxylic acid groups (broad SMARTS) is 1. The van der Waals surface area contributed by atoms with Crippen LogP contribution >= 0.6 is 0 Å². The van der Waals surface area contributed by atoms with Crippen molar-refractivity contribution in [3.05, 3.63) is 102 Å². The lowest BCUT2D eigenvalue weighted by molar-refractivity contribution is -0.140. The number of fused-ring (bicyclic) bond motifs is 1. The predicted molar refractivity (Wildman–Crippen MR) is 141 cm³/mol. The molecule has 0 saturated carbocycles. The van der Waals surface area contributed by atoms with Crippen molar-refractivity contribution in [3.63, 3.8) is 0 Å². The van der Waals surface area contributed by atoms with Gasteiger partial charge in [-0.25, -0.2) is 8.42 Å². The van der Waals surface area contributed by atoms with Crippen LogP contribution in [0, 0.1) is 5.92 Å². The highest BCUT2D eigenvalue weighted by Crippen LogP contribution is 2.30. The molecule has 0 saturated heterocycles. The third-order valence-electron chi connectivity index (χ3n) is 6.24. The van der Waals surface area contributed by atoms with Crippen molar-refractivity contribution in [2.45, 2.75) is 30.9 Å². The second-order valence-corrected chi connectivity index (χ2v) is 10.8. The third-order valence-corrected chi connectivity index (χ3v) is 7.70. The van der Waals surface area contributed by atoms with Gasteiger partial charge in [0.1, 0.15) is 12.1 Å². The fraction of sp³-hybridized carbons (Fsp3) is 0.207.